The van der Waals surface area contributed by atoms with Crippen LogP contribution in [0.5, 0.6) is 0 Å². The average molecular weight is 367 g/mol. The molecule has 3 atom stereocenters. The number of hydrogen-bond donors (Lipinski definition) is 0. The van der Waals surface area contributed by atoms with Crippen molar-refractivity contribution in [2.45, 2.75) is 71.9 Å². The highest BCUT2D eigenvalue weighted by Gasteiger charge is 2.43. The van der Waals surface area contributed by atoms with Gasteiger partial charge < -0.3 is 0 Å². The Balaban J connectivity index is 2.11. The summed E-state index contributed by atoms with van der Waals surface area (Å²) in [4.78, 5) is 13.2. The topological polar surface area (TPSA) is 17.1 Å². The van der Waals surface area contributed by atoms with Crippen LogP contribution in [0.25, 0.3) is 0 Å². The van der Waals surface area contributed by atoms with Gasteiger partial charge in [0, 0.05) is 5.56 Å². The summed E-state index contributed by atoms with van der Waals surface area (Å²) in [5, 5.41) is 2.72. The van der Waals surface area contributed by atoms with E-state index in [1.807, 2.05) is 6.08 Å². The fourth-order valence-electron chi connectivity index (χ4n) is 4.45. The number of allylic oxidation sites excluding steroid dienone is 4. The molecular formula is C24H32OP+. The second-order valence-electron chi connectivity index (χ2n) is 8.05. The number of benzene rings is 1. The molecule has 1 aromatic carbocycles. The molecule has 26 heavy (non-hydrogen) atoms. The van der Waals surface area contributed by atoms with Gasteiger partial charge in [-0.1, -0.05) is 57.4 Å². The van der Waals surface area contributed by atoms with Crippen LogP contribution < -0.4 is 5.30 Å². The van der Waals surface area contributed by atoms with E-state index in [1.54, 1.807) is 0 Å². The summed E-state index contributed by atoms with van der Waals surface area (Å²) in [5.74, 6) is 0.826. The van der Waals surface area contributed by atoms with Crippen LogP contribution in [0.1, 0.15) is 80.8 Å². The Bertz CT molecular complexity index is 795. The first-order valence-corrected chi connectivity index (χ1v) is 11.6. The fourth-order valence-corrected chi connectivity index (χ4v) is 7.51. The lowest BCUT2D eigenvalue weighted by molar-refractivity contribution is 0.0973. The third-order valence-corrected chi connectivity index (χ3v) is 8.90. The first-order valence-electron chi connectivity index (χ1n) is 10.2. The van der Waals surface area contributed by atoms with Crippen LogP contribution in [0.4, 0.5) is 0 Å². The zero-order valence-electron chi connectivity index (χ0n) is 16.9. The van der Waals surface area contributed by atoms with Gasteiger partial charge in [0.2, 0.25) is 0 Å². The summed E-state index contributed by atoms with van der Waals surface area (Å²) in [6.45, 7) is 11.5. The molecule has 1 aliphatic carbocycles. The Kier molecular flexibility index (Phi) is 5.98. The first-order chi connectivity index (χ1) is 12.5. The van der Waals surface area contributed by atoms with E-state index in [-0.39, 0.29) is 5.92 Å². The van der Waals surface area contributed by atoms with Crippen LogP contribution >= 0.6 is 7.55 Å². The molecule has 1 aliphatic heterocycles. The van der Waals surface area contributed by atoms with Crippen LogP contribution in [0.2, 0.25) is 0 Å². The summed E-state index contributed by atoms with van der Waals surface area (Å²) in [7, 11) is -0.451. The van der Waals surface area contributed by atoms with Gasteiger partial charge >= 0.3 is 0 Å². The van der Waals surface area contributed by atoms with E-state index in [2.05, 4.69) is 65.0 Å². The van der Waals surface area contributed by atoms with Crippen molar-refractivity contribution in [3.63, 3.8) is 0 Å². The molecule has 0 bridgehead atoms. The number of unbranched alkanes of at least 4 members (excludes halogenated alkanes) is 2. The molecule has 1 aromatic rings. The number of fused-ring (bicyclic) bond motifs is 2. The molecule has 0 saturated carbocycles. The highest BCUT2D eigenvalue weighted by Crippen LogP contribution is 2.43. The molecule has 3 unspecified atom stereocenters. The highest BCUT2D eigenvalue weighted by atomic mass is 31.1. The lowest BCUT2D eigenvalue weighted by Crippen LogP contribution is -2.35. The molecule has 0 spiro atoms. The van der Waals surface area contributed by atoms with Gasteiger partial charge in [0.15, 0.2) is 11.1 Å². The maximum Gasteiger partial charge on any atom is 0.182 e. The molecule has 0 fully saturated rings. The molecule has 0 amide bonds. The second-order valence-corrected chi connectivity index (χ2v) is 10.8. The molecular weight excluding hydrogens is 335 g/mol. The largest absolute Gasteiger partial charge is 0.293 e. The maximum atomic E-state index is 13.2. The van der Waals surface area contributed by atoms with E-state index in [0.29, 0.717) is 17.4 Å². The third-order valence-electron chi connectivity index (χ3n) is 5.83. The van der Waals surface area contributed by atoms with Crippen molar-refractivity contribution in [1.29, 1.82) is 0 Å². The summed E-state index contributed by atoms with van der Waals surface area (Å²) in [6, 6.07) is 4.38. The molecule has 2 heteroatoms. The molecule has 0 saturated heterocycles. The van der Waals surface area contributed by atoms with E-state index in [1.165, 1.54) is 47.4 Å². The van der Waals surface area contributed by atoms with Crippen molar-refractivity contribution < 1.29 is 4.79 Å². The Morgan fingerprint density at radius 3 is 2.58 bits per heavy atom. The summed E-state index contributed by atoms with van der Waals surface area (Å²) < 4.78 is 0. The minimum atomic E-state index is -0.451. The van der Waals surface area contributed by atoms with E-state index in [9.17, 15) is 4.79 Å². The number of ketones is 1. The van der Waals surface area contributed by atoms with Crippen LogP contribution in [-0.4, -0.2) is 16.7 Å². The van der Waals surface area contributed by atoms with E-state index in [0.717, 1.165) is 5.56 Å². The van der Waals surface area contributed by atoms with Crippen LogP contribution in [0.3, 0.4) is 0 Å². The van der Waals surface area contributed by atoms with Gasteiger partial charge in [-0.15, -0.1) is 0 Å². The number of Topliss-reactive ketones (excluding diaryl/α,β-unsaturated/α-hetero) is 1. The minimum Gasteiger partial charge on any atom is -0.293 e. The Morgan fingerprint density at radius 1 is 1.12 bits per heavy atom. The van der Waals surface area contributed by atoms with Gasteiger partial charge in [-0.25, -0.2) is 0 Å². The minimum absolute atomic E-state index is 0.0340. The van der Waals surface area contributed by atoms with Crippen LogP contribution in [0, 0.1) is 12.8 Å². The van der Waals surface area contributed by atoms with Crippen molar-refractivity contribution in [3.05, 3.63) is 53.1 Å². The maximum absolute atomic E-state index is 13.2. The molecule has 2 aliphatic rings. The predicted octanol–water partition coefficient (Wildman–Crippen LogP) is 6.31. The van der Waals surface area contributed by atoms with Crippen molar-refractivity contribution in [2.24, 2.45) is 5.92 Å². The number of carbonyl (C=O) groups excluding carboxylic acids is 1. The zero-order chi connectivity index (χ0) is 18.8. The Morgan fingerprint density at radius 2 is 1.88 bits per heavy atom. The zero-order valence-corrected chi connectivity index (χ0v) is 17.8. The van der Waals surface area contributed by atoms with Gasteiger partial charge in [0.1, 0.15) is 24.4 Å². The number of hydrogen-bond acceptors (Lipinski definition) is 1. The summed E-state index contributed by atoms with van der Waals surface area (Å²) >= 11 is 0. The monoisotopic (exact) mass is 367 g/mol. The van der Waals surface area contributed by atoms with Gasteiger partial charge in [-0.2, -0.15) is 0 Å². The lowest BCUT2D eigenvalue weighted by atomic mass is 9.86. The van der Waals surface area contributed by atoms with Crippen molar-refractivity contribution >= 4 is 23.9 Å². The normalized spacial score (nSPS) is 21.2. The van der Waals surface area contributed by atoms with Crippen molar-refractivity contribution in [3.8, 4) is 0 Å². The summed E-state index contributed by atoms with van der Waals surface area (Å²) in [6.07, 6.45) is 13.5. The van der Waals surface area contributed by atoms with Crippen molar-refractivity contribution in [1.82, 2.24) is 0 Å². The van der Waals surface area contributed by atoms with Crippen LogP contribution in [0.15, 0.2) is 36.4 Å². The quantitative estimate of drug-likeness (QED) is 0.425. The molecule has 3 rings (SSSR count). The molecule has 0 radical (unpaired) electrons. The Hall–Kier alpha value is -1.46. The average Bonchev–Trinajstić information content (AvgIpc) is 2.62. The number of rotatable bonds is 6. The predicted molar refractivity (Wildman–Crippen MR) is 117 cm³/mol. The van der Waals surface area contributed by atoms with E-state index in [4.69, 9.17) is 0 Å². The summed E-state index contributed by atoms with van der Waals surface area (Å²) in [5.41, 5.74) is 4.37. The molecule has 1 heterocycles. The smallest absolute Gasteiger partial charge is 0.182 e. The van der Waals surface area contributed by atoms with E-state index >= 15 is 0 Å². The molecule has 138 valence electrons. The third kappa shape index (κ3) is 3.39. The van der Waals surface area contributed by atoms with Gasteiger partial charge in [0.05, 0.1) is 5.56 Å². The number of carbonyl (C=O) groups is 1. The Labute approximate surface area is 160 Å². The molecule has 1 nitrogen and oxygen atoms in total. The SMILES string of the molecule is CCCCCC(C)c1ccc2c(c1C)[P+](C(C)C)=C1C=CC=CC1C2=O. The van der Waals surface area contributed by atoms with Crippen LogP contribution in [-0.2, 0) is 0 Å². The molecule has 0 aromatic heterocycles. The fraction of sp³-hybridized carbons (Fsp3) is 0.500. The standard InChI is InChI=1S/C24H32OP/c1-6-7-8-11-17(4)19-14-15-21-23(25)20-12-9-10-13-22(20)26(16(2)3)24(21)18(19)5/h9-10,12-17,20H,6-8,11H2,1-5H3/q+1. The van der Waals surface area contributed by atoms with Gasteiger partial charge in [0.25, 0.3) is 0 Å². The lowest BCUT2D eigenvalue weighted by Gasteiger charge is -2.25. The highest BCUT2D eigenvalue weighted by molar-refractivity contribution is 7.68. The van der Waals surface area contributed by atoms with Gasteiger partial charge in [-0.3, -0.25) is 4.79 Å². The molecule has 0 N–H and O–H groups in total. The van der Waals surface area contributed by atoms with Crippen molar-refractivity contribution in [2.75, 3.05) is 0 Å². The second kappa shape index (κ2) is 8.05. The van der Waals surface area contributed by atoms with E-state index < -0.39 is 7.55 Å². The first kappa shape index (κ1) is 19.3. The van der Waals surface area contributed by atoms with Gasteiger partial charge in [-0.05, 0) is 50.8 Å².